The van der Waals surface area contributed by atoms with Crippen LogP contribution in [0.3, 0.4) is 0 Å². The van der Waals surface area contributed by atoms with Gasteiger partial charge in [-0.3, -0.25) is 11.3 Å². The SMILES string of the molecule is COCCOCCC(NN)C1CCOC2(CCCCC2)C1. The summed E-state index contributed by atoms with van der Waals surface area (Å²) in [6.45, 7) is 2.93. The van der Waals surface area contributed by atoms with Gasteiger partial charge in [0.25, 0.3) is 0 Å². The Bertz CT molecular complexity index is 277. The summed E-state index contributed by atoms with van der Waals surface area (Å²) in [6.07, 6.45) is 9.66. The van der Waals surface area contributed by atoms with E-state index in [0.717, 1.165) is 32.5 Å². The number of hydrogen-bond acceptors (Lipinski definition) is 5. The quantitative estimate of drug-likeness (QED) is 0.408. The Balaban J connectivity index is 1.77. The van der Waals surface area contributed by atoms with Gasteiger partial charge < -0.3 is 14.2 Å². The van der Waals surface area contributed by atoms with Crippen molar-refractivity contribution in [1.29, 1.82) is 0 Å². The van der Waals surface area contributed by atoms with E-state index in [1.165, 1.54) is 32.1 Å². The number of rotatable bonds is 8. The Morgan fingerprint density at radius 3 is 2.76 bits per heavy atom. The molecule has 0 bridgehead atoms. The average molecular weight is 300 g/mol. The topological polar surface area (TPSA) is 65.7 Å². The molecule has 0 aromatic heterocycles. The zero-order valence-corrected chi connectivity index (χ0v) is 13.4. The maximum atomic E-state index is 6.17. The largest absolute Gasteiger partial charge is 0.382 e. The molecule has 1 spiro atoms. The van der Waals surface area contributed by atoms with Crippen molar-refractivity contribution in [2.24, 2.45) is 11.8 Å². The van der Waals surface area contributed by atoms with Gasteiger partial charge in [0, 0.05) is 26.4 Å². The first-order valence-corrected chi connectivity index (χ1v) is 8.46. The maximum absolute atomic E-state index is 6.17. The summed E-state index contributed by atoms with van der Waals surface area (Å²) in [4.78, 5) is 0. The highest BCUT2D eigenvalue weighted by Gasteiger charge is 2.40. The van der Waals surface area contributed by atoms with E-state index >= 15 is 0 Å². The summed E-state index contributed by atoms with van der Waals surface area (Å²) >= 11 is 0. The fraction of sp³-hybridized carbons (Fsp3) is 1.00. The van der Waals surface area contributed by atoms with Gasteiger partial charge in [0.05, 0.1) is 18.8 Å². The van der Waals surface area contributed by atoms with E-state index in [-0.39, 0.29) is 5.60 Å². The molecule has 3 N–H and O–H groups in total. The van der Waals surface area contributed by atoms with E-state index in [1.807, 2.05) is 0 Å². The number of hydrazine groups is 1. The summed E-state index contributed by atoms with van der Waals surface area (Å²) in [6, 6.07) is 0.329. The van der Waals surface area contributed by atoms with E-state index in [9.17, 15) is 0 Å². The molecule has 0 radical (unpaired) electrons. The second kappa shape index (κ2) is 9.06. The van der Waals surface area contributed by atoms with Crippen LogP contribution in [-0.4, -0.2) is 45.2 Å². The van der Waals surface area contributed by atoms with Gasteiger partial charge in [0.1, 0.15) is 0 Å². The standard InChI is InChI=1S/C16H32N2O3/c1-19-11-12-20-9-6-15(18-17)14-5-10-21-16(13-14)7-3-2-4-8-16/h14-15,18H,2-13,17H2,1H3. The zero-order valence-electron chi connectivity index (χ0n) is 13.4. The first-order valence-electron chi connectivity index (χ1n) is 8.46. The summed E-state index contributed by atoms with van der Waals surface area (Å²) in [7, 11) is 1.69. The number of methoxy groups -OCH3 is 1. The van der Waals surface area contributed by atoms with Crippen molar-refractivity contribution in [1.82, 2.24) is 5.43 Å². The third-order valence-corrected chi connectivity index (χ3v) is 5.08. The van der Waals surface area contributed by atoms with Crippen molar-refractivity contribution in [2.45, 2.75) is 63.0 Å². The molecule has 2 aliphatic rings. The molecule has 124 valence electrons. The van der Waals surface area contributed by atoms with Crippen LogP contribution in [0.4, 0.5) is 0 Å². The first kappa shape index (κ1) is 17.2. The lowest BCUT2D eigenvalue weighted by Crippen LogP contribution is -2.49. The normalized spacial score (nSPS) is 26.9. The molecule has 0 aromatic carbocycles. The Hall–Kier alpha value is -0.200. The van der Waals surface area contributed by atoms with Gasteiger partial charge >= 0.3 is 0 Å². The highest BCUT2D eigenvalue weighted by atomic mass is 16.5. The Morgan fingerprint density at radius 2 is 2.05 bits per heavy atom. The fourth-order valence-corrected chi connectivity index (χ4v) is 3.86. The second-order valence-electron chi connectivity index (χ2n) is 6.51. The average Bonchev–Trinajstić information content (AvgIpc) is 2.52. The highest BCUT2D eigenvalue weighted by molar-refractivity contribution is 4.92. The third-order valence-electron chi connectivity index (χ3n) is 5.08. The molecule has 2 unspecified atom stereocenters. The Morgan fingerprint density at radius 1 is 1.24 bits per heavy atom. The van der Waals surface area contributed by atoms with Gasteiger partial charge in [0.2, 0.25) is 0 Å². The lowest BCUT2D eigenvalue weighted by atomic mass is 9.74. The molecular formula is C16H32N2O3. The van der Waals surface area contributed by atoms with Crippen LogP contribution in [-0.2, 0) is 14.2 Å². The maximum Gasteiger partial charge on any atom is 0.0700 e. The molecule has 1 aliphatic carbocycles. The lowest BCUT2D eigenvalue weighted by Gasteiger charge is -2.45. The number of hydrogen-bond donors (Lipinski definition) is 2. The number of nitrogens with two attached hydrogens (primary N) is 1. The molecular weight excluding hydrogens is 268 g/mol. The number of ether oxygens (including phenoxy) is 3. The first-order chi connectivity index (χ1) is 10.3. The zero-order chi connectivity index (χ0) is 15.0. The van der Waals surface area contributed by atoms with Gasteiger partial charge in [-0.25, -0.2) is 0 Å². The predicted molar refractivity (Wildman–Crippen MR) is 82.9 cm³/mol. The summed E-state index contributed by atoms with van der Waals surface area (Å²) in [5, 5.41) is 0. The molecule has 1 saturated carbocycles. The fourth-order valence-electron chi connectivity index (χ4n) is 3.86. The van der Waals surface area contributed by atoms with E-state index in [4.69, 9.17) is 20.1 Å². The molecule has 0 amide bonds. The van der Waals surface area contributed by atoms with Gasteiger partial charge in [-0.15, -0.1) is 0 Å². The van der Waals surface area contributed by atoms with Crippen LogP contribution < -0.4 is 11.3 Å². The summed E-state index contributed by atoms with van der Waals surface area (Å²) in [5.74, 6) is 6.40. The van der Waals surface area contributed by atoms with Crippen molar-refractivity contribution >= 4 is 0 Å². The van der Waals surface area contributed by atoms with E-state index in [0.29, 0.717) is 25.2 Å². The molecule has 0 aromatic rings. The van der Waals surface area contributed by atoms with Crippen LogP contribution in [0.1, 0.15) is 51.4 Å². The van der Waals surface area contributed by atoms with Crippen molar-refractivity contribution in [2.75, 3.05) is 33.5 Å². The third kappa shape index (κ3) is 5.18. The summed E-state index contributed by atoms with van der Waals surface area (Å²) < 4.78 is 16.7. The molecule has 1 aliphatic heterocycles. The molecule has 5 heteroatoms. The monoisotopic (exact) mass is 300 g/mol. The minimum absolute atomic E-state index is 0.146. The van der Waals surface area contributed by atoms with Gasteiger partial charge in [0.15, 0.2) is 0 Å². The molecule has 1 heterocycles. The molecule has 5 nitrogen and oxygen atoms in total. The number of nitrogens with one attached hydrogen (secondary N) is 1. The van der Waals surface area contributed by atoms with Crippen LogP contribution in [0.15, 0.2) is 0 Å². The molecule has 2 fully saturated rings. The molecule has 21 heavy (non-hydrogen) atoms. The van der Waals surface area contributed by atoms with E-state index < -0.39 is 0 Å². The van der Waals surface area contributed by atoms with Gasteiger partial charge in [-0.1, -0.05) is 19.3 Å². The van der Waals surface area contributed by atoms with Crippen LogP contribution in [0.2, 0.25) is 0 Å². The molecule has 1 saturated heterocycles. The predicted octanol–water partition coefficient (Wildman–Crippen LogP) is 2.00. The highest BCUT2D eigenvalue weighted by Crippen LogP contribution is 2.41. The van der Waals surface area contributed by atoms with Crippen LogP contribution in [0, 0.1) is 5.92 Å². The van der Waals surface area contributed by atoms with Gasteiger partial charge in [-0.05, 0) is 38.0 Å². The molecule has 2 atom stereocenters. The Kier molecular flexibility index (Phi) is 7.40. The minimum Gasteiger partial charge on any atom is -0.382 e. The van der Waals surface area contributed by atoms with E-state index in [1.54, 1.807) is 7.11 Å². The summed E-state index contributed by atoms with van der Waals surface area (Å²) in [5.41, 5.74) is 3.16. The second-order valence-corrected chi connectivity index (χ2v) is 6.51. The van der Waals surface area contributed by atoms with Gasteiger partial charge in [-0.2, -0.15) is 0 Å². The van der Waals surface area contributed by atoms with Crippen LogP contribution in [0.25, 0.3) is 0 Å². The van der Waals surface area contributed by atoms with E-state index in [2.05, 4.69) is 5.43 Å². The lowest BCUT2D eigenvalue weighted by molar-refractivity contribution is -0.122. The van der Waals surface area contributed by atoms with Crippen molar-refractivity contribution in [3.05, 3.63) is 0 Å². The minimum atomic E-state index is 0.146. The Labute approximate surface area is 128 Å². The van der Waals surface area contributed by atoms with Crippen molar-refractivity contribution in [3.63, 3.8) is 0 Å². The van der Waals surface area contributed by atoms with Crippen LogP contribution >= 0.6 is 0 Å². The van der Waals surface area contributed by atoms with Crippen molar-refractivity contribution in [3.8, 4) is 0 Å². The van der Waals surface area contributed by atoms with Crippen molar-refractivity contribution < 1.29 is 14.2 Å². The smallest absolute Gasteiger partial charge is 0.0700 e. The molecule has 2 rings (SSSR count). The van der Waals surface area contributed by atoms with Crippen LogP contribution in [0.5, 0.6) is 0 Å².